The Balaban J connectivity index is 2.67. The van der Waals surface area contributed by atoms with E-state index in [9.17, 15) is 10.1 Å². The zero-order chi connectivity index (χ0) is 12.8. The maximum atomic E-state index is 10.6. The molecule has 0 aliphatic rings. The molecule has 5 heteroatoms. The van der Waals surface area contributed by atoms with Gasteiger partial charge in [-0.05, 0) is 18.1 Å². The molecular weight excluding hydrogens is 218 g/mol. The Hall–Kier alpha value is -1.78. The number of rotatable bonds is 6. The number of nitrogen functional groups attached to an aromatic ring is 1. The molecule has 0 saturated carbocycles. The van der Waals surface area contributed by atoms with Crippen LogP contribution >= 0.6 is 0 Å². The first-order chi connectivity index (χ1) is 8.08. The van der Waals surface area contributed by atoms with Gasteiger partial charge in [-0.2, -0.15) is 0 Å². The summed E-state index contributed by atoms with van der Waals surface area (Å²) >= 11 is 0. The van der Waals surface area contributed by atoms with Gasteiger partial charge in [-0.15, -0.1) is 0 Å². The first kappa shape index (κ1) is 13.3. The van der Waals surface area contributed by atoms with Crippen LogP contribution in [0.5, 0.6) is 0 Å². The highest BCUT2D eigenvalue weighted by Gasteiger charge is 2.11. The fraction of sp³-hybridized carbons (Fsp3) is 0.500. The van der Waals surface area contributed by atoms with Crippen LogP contribution in [0, 0.1) is 16.0 Å². The number of nitro groups is 1. The number of nitrogens with one attached hydrogen (secondary N) is 1. The molecule has 5 nitrogen and oxygen atoms in total. The van der Waals surface area contributed by atoms with Crippen LogP contribution in [0.2, 0.25) is 0 Å². The van der Waals surface area contributed by atoms with Gasteiger partial charge in [0, 0.05) is 18.3 Å². The van der Waals surface area contributed by atoms with Crippen molar-refractivity contribution in [2.45, 2.75) is 26.7 Å². The Bertz CT molecular complexity index is 389. The van der Waals surface area contributed by atoms with E-state index in [0.29, 0.717) is 5.92 Å². The van der Waals surface area contributed by atoms with Crippen LogP contribution in [0.3, 0.4) is 0 Å². The number of anilines is 2. The molecule has 0 spiro atoms. The van der Waals surface area contributed by atoms with E-state index in [1.807, 2.05) is 0 Å². The molecule has 1 aromatic carbocycles. The third-order valence-electron chi connectivity index (χ3n) is 2.97. The average molecular weight is 237 g/mol. The summed E-state index contributed by atoms with van der Waals surface area (Å²) in [7, 11) is 0. The molecule has 3 N–H and O–H groups in total. The second kappa shape index (κ2) is 6.08. The molecule has 0 atom stereocenters. The molecule has 94 valence electrons. The number of benzene rings is 1. The molecule has 1 aromatic rings. The van der Waals surface area contributed by atoms with E-state index in [-0.39, 0.29) is 11.4 Å². The highest BCUT2D eigenvalue weighted by atomic mass is 16.6. The summed E-state index contributed by atoms with van der Waals surface area (Å²) in [5, 5.41) is 13.8. The summed E-state index contributed by atoms with van der Waals surface area (Å²) in [6.07, 6.45) is 2.23. The summed E-state index contributed by atoms with van der Waals surface area (Å²) in [5.74, 6) is 0.617. The minimum Gasteiger partial charge on any atom is -0.393 e. The molecule has 0 aliphatic carbocycles. The van der Waals surface area contributed by atoms with Crippen molar-refractivity contribution >= 4 is 17.1 Å². The third-order valence-corrected chi connectivity index (χ3v) is 2.97. The maximum absolute atomic E-state index is 10.6. The molecule has 0 aliphatic heterocycles. The quantitative estimate of drug-likeness (QED) is 0.452. The lowest BCUT2D eigenvalue weighted by atomic mass is 10.0. The Morgan fingerprint density at radius 3 is 2.53 bits per heavy atom. The predicted octanol–water partition coefficient (Wildman–Crippen LogP) is 3.03. The summed E-state index contributed by atoms with van der Waals surface area (Å²) < 4.78 is 0. The van der Waals surface area contributed by atoms with Crippen LogP contribution in [0.4, 0.5) is 17.1 Å². The first-order valence-corrected chi connectivity index (χ1v) is 5.86. The smallest absolute Gasteiger partial charge is 0.292 e. The van der Waals surface area contributed by atoms with E-state index in [0.717, 1.165) is 25.1 Å². The van der Waals surface area contributed by atoms with Gasteiger partial charge >= 0.3 is 0 Å². The van der Waals surface area contributed by atoms with Gasteiger partial charge in [-0.1, -0.05) is 26.7 Å². The second-order valence-corrected chi connectivity index (χ2v) is 4.09. The lowest BCUT2D eigenvalue weighted by molar-refractivity contribution is -0.383. The molecule has 0 fully saturated rings. The highest BCUT2D eigenvalue weighted by molar-refractivity contribution is 5.65. The van der Waals surface area contributed by atoms with Gasteiger partial charge < -0.3 is 11.1 Å². The van der Waals surface area contributed by atoms with E-state index in [1.165, 1.54) is 6.07 Å². The van der Waals surface area contributed by atoms with Crippen molar-refractivity contribution < 1.29 is 4.92 Å². The minimum atomic E-state index is -0.472. The van der Waals surface area contributed by atoms with Crippen molar-refractivity contribution in [3.05, 3.63) is 28.3 Å². The Morgan fingerprint density at radius 2 is 2.06 bits per heavy atom. The number of nitrogens with zero attached hydrogens (tertiary/aromatic N) is 1. The molecule has 0 bridgehead atoms. The van der Waals surface area contributed by atoms with Crippen molar-refractivity contribution in [3.63, 3.8) is 0 Å². The van der Waals surface area contributed by atoms with Crippen LogP contribution in [-0.4, -0.2) is 11.5 Å². The molecule has 17 heavy (non-hydrogen) atoms. The Morgan fingerprint density at radius 1 is 1.41 bits per heavy atom. The van der Waals surface area contributed by atoms with E-state index in [1.54, 1.807) is 12.1 Å². The van der Waals surface area contributed by atoms with Crippen molar-refractivity contribution in [2.75, 3.05) is 17.6 Å². The van der Waals surface area contributed by atoms with E-state index < -0.39 is 4.92 Å². The van der Waals surface area contributed by atoms with Crippen molar-refractivity contribution in [3.8, 4) is 0 Å². The lowest BCUT2D eigenvalue weighted by Crippen LogP contribution is -2.12. The van der Waals surface area contributed by atoms with Crippen molar-refractivity contribution in [1.82, 2.24) is 0 Å². The molecular formula is C12H19N3O2. The molecule has 0 saturated heterocycles. The van der Waals surface area contributed by atoms with Gasteiger partial charge in [-0.25, -0.2) is 0 Å². The topological polar surface area (TPSA) is 81.2 Å². The predicted molar refractivity (Wildman–Crippen MR) is 70.1 cm³/mol. The normalized spacial score (nSPS) is 10.5. The number of nitrogens with two attached hydrogens (primary N) is 1. The molecule has 1 rings (SSSR count). The average Bonchev–Trinajstić information content (AvgIpc) is 2.30. The standard InChI is InChI=1S/C12H19N3O2/c1-3-9(4-2)8-14-10-5-6-12(15(16)17)11(13)7-10/h5-7,9,14H,3-4,8,13H2,1-2H3. The number of hydrogen-bond donors (Lipinski definition) is 2. The molecule has 0 aromatic heterocycles. The number of hydrogen-bond acceptors (Lipinski definition) is 4. The Labute approximate surface area is 101 Å². The second-order valence-electron chi connectivity index (χ2n) is 4.09. The van der Waals surface area contributed by atoms with Gasteiger partial charge in [0.05, 0.1) is 4.92 Å². The van der Waals surface area contributed by atoms with Crippen LogP contribution in [-0.2, 0) is 0 Å². The van der Waals surface area contributed by atoms with Gasteiger partial charge in [0.2, 0.25) is 0 Å². The van der Waals surface area contributed by atoms with Crippen molar-refractivity contribution in [2.24, 2.45) is 5.92 Å². The number of nitro benzene ring substituents is 1. The largest absolute Gasteiger partial charge is 0.393 e. The first-order valence-electron chi connectivity index (χ1n) is 5.86. The molecule has 0 unspecified atom stereocenters. The van der Waals surface area contributed by atoms with Gasteiger partial charge in [-0.3, -0.25) is 10.1 Å². The molecule has 0 heterocycles. The van der Waals surface area contributed by atoms with Crippen LogP contribution in [0.25, 0.3) is 0 Å². The maximum Gasteiger partial charge on any atom is 0.292 e. The zero-order valence-corrected chi connectivity index (χ0v) is 10.3. The summed E-state index contributed by atoms with van der Waals surface area (Å²) in [6, 6.07) is 4.74. The van der Waals surface area contributed by atoms with Crippen molar-refractivity contribution in [1.29, 1.82) is 0 Å². The van der Waals surface area contributed by atoms with Crippen LogP contribution in [0.15, 0.2) is 18.2 Å². The fourth-order valence-electron chi connectivity index (χ4n) is 1.67. The van der Waals surface area contributed by atoms with Crippen LogP contribution in [0.1, 0.15) is 26.7 Å². The highest BCUT2D eigenvalue weighted by Crippen LogP contribution is 2.24. The Kier molecular flexibility index (Phi) is 4.75. The molecule has 0 amide bonds. The lowest BCUT2D eigenvalue weighted by Gasteiger charge is -2.14. The zero-order valence-electron chi connectivity index (χ0n) is 10.3. The summed E-state index contributed by atoms with van der Waals surface area (Å²) in [4.78, 5) is 10.1. The van der Waals surface area contributed by atoms with E-state index in [2.05, 4.69) is 19.2 Å². The van der Waals surface area contributed by atoms with E-state index in [4.69, 9.17) is 5.73 Å². The minimum absolute atomic E-state index is 0.0434. The summed E-state index contributed by atoms with van der Waals surface area (Å²) in [6.45, 7) is 5.17. The monoisotopic (exact) mass is 237 g/mol. The third kappa shape index (κ3) is 3.62. The van der Waals surface area contributed by atoms with E-state index >= 15 is 0 Å². The fourth-order valence-corrected chi connectivity index (χ4v) is 1.67. The SMILES string of the molecule is CCC(CC)CNc1ccc([N+](=O)[O-])c(N)c1. The summed E-state index contributed by atoms with van der Waals surface area (Å²) in [5.41, 5.74) is 6.60. The molecule has 0 radical (unpaired) electrons. The van der Waals surface area contributed by atoms with Gasteiger partial charge in [0.15, 0.2) is 0 Å². The van der Waals surface area contributed by atoms with Crippen LogP contribution < -0.4 is 11.1 Å². The van der Waals surface area contributed by atoms with Gasteiger partial charge in [0.25, 0.3) is 5.69 Å². The van der Waals surface area contributed by atoms with Gasteiger partial charge in [0.1, 0.15) is 5.69 Å².